The number of nitrogens with one attached hydrogen (secondary N) is 1. The zero-order valence-electron chi connectivity index (χ0n) is 16.2. The second kappa shape index (κ2) is 10.2. The van der Waals surface area contributed by atoms with Crippen molar-refractivity contribution in [2.24, 2.45) is 0 Å². The first kappa shape index (κ1) is 21.1. The summed E-state index contributed by atoms with van der Waals surface area (Å²) in [5.41, 5.74) is 1.41. The van der Waals surface area contributed by atoms with Crippen LogP contribution in [0.25, 0.3) is 0 Å². The third-order valence-electron chi connectivity index (χ3n) is 4.44. The van der Waals surface area contributed by atoms with Crippen LogP contribution < -0.4 is 5.32 Å². The molecule has 0 aromatic heterocycles. The summed E-state index contributed by atoms with van der Waals surface area (Å²) < 4.78 is 10.8. The third-order valence-corrected chi connectivity index (χ3v) is 5.65. The Balaban J connectivity index is 1.54. The molecule has 1 fully saturated rings. The van der Waals surface area contributed by atoms with Crippen molar-refractivity contribution in [3.05, 3.63) is 59.7 Å². The first-order valence-corrected chi connectivity index (χ1v) is 10.4. The van der Waals surface area contributed by atoms with Crippen molar-refractivity contribution in [3.63, 3.8) is 0 Å². The van der Waals surface area contributed by atoms with Gasteiger partial charge >= 0.3 is 5.97 Å². The maximum atomic E-state index is 12.5. The molecule has 1 aliphatic heterocycles. The Morgan fingerprint density at radius 1 is 1.17 bits per heavy atom. The number of carbonyl (C=O) groups is 3. The zero-order chi connectivity index (χ0) is 20.6. The largest absolute Gasteiger partial charge is 0.452 e. The van der Waals surface area contributed by atoms with Crippen LogP contribution in [0.4, 0.5) is 5.69 Å². The molecule has 0 saturated carbocycles. The molecule has 1 aliphatic rings. The van der Waals surface area contributed by atoms with Gasteiger partial charge in [-0.15, -0.1) is 11.8 Å². The van der Waals surface area contributed by atoms with E-state index < -0.39 is 18.5 Å². The van der Waals surface area contributed by atoms with Gasteiger partial charge in [0.05, 0.1) is 11.7 Å². The second-order valence-electron chi connectivity index (χ2n) is 6.70. The summed E-state index contributed by atoms with van der Waals surface area (Å²) in [5.74, 6) is -0.335. The number of carbonyl (C=O) groups excluding carboxylic acids is 3. The number of rotatable bonds is 8. The number of benzene rings is 2. The van der Waals surface area contributed by atoms with Gasteiger partial charge in [0.15, 0.2) is 12.4 Å². The molecular formula is C22H23NO5S. The lowest BCUT2D eigenvalue weighted by Crippen LogP contribution is -2.21. The van der Waals surface area contributed by atoms with Crippen LogP contribution in [0.5, 0.6) is 0 Å². The zero-order valence-corrected chi connectivity index (χ0v) is 17.0. The van der Waals surface area contributed by atoms with Crippen LogP contribution in [0.1, 0.15) is 40.5 Å². The van der Waals surface area contributed by atoms with Gasteiger partial charge in [-0.2, -0.15) is 0 Å². The predicted octanol–water partition coefficient (Wildman–Crippen LogP) is 3.96. The van der Waals surface area contributed by atoms with Crippen LogP contribution in [0.2, 0.25) is 0 Å². The Kier molecular flexibility index (Phi) is 7.43. The first-order valence-electron chi connectivity index (χ1n) is 9.44. The lowest BCUT2D eigenvalue weighted by molar-refractivity contribution is -0.119. The quantitative estimate of drug-likeness (QED) is 0.401. The molecule has 3 rings (SSSR count). The molecular weight excluding hydrogens is 390 g/mol. The van der Waals surface area contributed by atoms with Gasteiger partial charge < -0.3 is 14.8 Å². The molecule has 0 spiro atoms. The fraction of sp³-hybridized carbons (Fsp3) is 0.318. The summed E-state index contributed by atoms with van der Waals surface area (Å²) in [6, 6.07) is 13.8. The van der Waals surface area contributed by atoms with Crippen LogP contribution in [-0.2, 0) is 14.3 Å². The van der Waals surface area contributed by atoms with Crippen LogP contribution >= 0.6 is 11.8 Å². The minimum atomic E-state index is -0.548. The molecule has 29 heavy (non-hydrogen) atoms. The van der Waals surface area contributed by atoms with E-state index in [9.17, 15) is 14.4 Å². The van der Waals surface area contributed by atoms with Gasteiger partial charge in [-0.25, -0.2) is 4.79 Å². The molecule has 0 bridgehead atoms. The van der Waals surface area contributed by atoms with E-state index in [0.717, 1.165) is 30.1 Å². The highest BCUT2D eigenvalue weighted by atomic mass is 32.2. The fourth-order valence-electron chi connectivity index (χ4n) is 2.94. The van der Waals surface area contributed by atoms with Gasteiger partial charge in [0, 0.05) is 28.5 Å². The Labute approximate surface area is 174 Å². The summed E-state index contributed by atoms with van der Waals surface area (Å²) in [7, 11) is 0. The van der Waals surface area contributed by atoms with Crippen molar-refractivity contribution in [3.8, 4) is 0 Å². The first-order chi connectivity index (χ1) is 14.0. The molecule has 1 saturated heterocycles. The number of hydrogen-bond donors (Lipinski definition) is 1. The third kappa shape index (κ3) is 6.17. The van der Waals surface area contributed by atoms with E-state index in [1.54, 1.807) is 48.2 Å². The fourth-order valence-corrected chi connectivity index (χ4v) is 4.05. The number of esters is 1. The van der Waals surface area contributed by atoms with Crippen molar-refractivity contribution < 1.29 is 23.9 Å². The molecule has 0 radical (unpaired) electrons. The smallest absolute Gasteiger partial charge is 0.339 e. The summed E-state index contributed by atoms with van der Waals surface area (Å²) in [6.07, 6.45) is 2.31. The average molecular weight is 413 g/mol. The number of anilines is 1. The Bertz CT molecular complexity index is 892. The lowest BCUT2D eigenvalue weighted by Gasteiger charge is -2.12. The summed E-state index contributed by atoms with van der Waals surface area (Å²) in [4.78, 5) is 36.8. The van der Waals surface area contributed by atoms with E-state index in [1.807, 2.05) is 12.1 Å². The number of Topliss-reactive ketones (excluding diaryl/α,β-unsaturated/α-hetero) is 1. The van der Waals surface area contributed by atoms with Gasteiger partial charge in [-0.3, -0.25) is 9.59 Å². The Hall–Kier alpha value is -2.64. The summed E-state index contributed by atoms with van der Waals surface area (Å²) in [5, 5.41) is 2.63. The second-order valence-corrected chi connectivity index (χ2v) is 7.77. The monoisotopic (exact) mass is 413 g/mol. The molecule has 7 heteroatoms. The highest BCUT2D eigenvalue weighted by Crippen LogP contribution is 2.27. The van der Waals surface area contributed by atoms with Crippen molar-refractivity contribution in [2.75, 3.05) is 24.3 Å². The van der Waals surface area contributed by atoms with Crippen molar-refractivity contribution >= 4 is 35.1 Å². The van der Waals surface area contributed by atoms with Crippen molar-refractivity contribution in [2.45, 2.75) is 30.8 Å². The molecule has 1 atom stereocenters. The standard InChI is InChI=1S/C22H23NO5S/c1-15(24)16-6-4-7-17(12-16)23-21(25)13-28-22(26)19-9-2-3-10-20(19)29-14-18-8-5-11-27-18/h2-4,6-7,9-10,12,18H,5,8,11,13-14H2,1H3,(H,23,25)/t18-/m1/s1. The van der Waals surface area contributed by atoms with E-state index in [1.165, 1.54) is 6.92 Å². The van der Waals surface area contributed by atoms with E-state index >= 15 is 0 Å². The van der Waals surface area contributed by atoms with Gasteiger partial charge in [-0.1, -0.05) is 24.3 Å². The average Bonchev–Trinajstić information content (AvgIpc) is 3.24. The number of amides is 1. The lowest BCUT2D eigenvalue weighted by atomic mass is 10.1. The van der Waals surface area contributed by atoms with Crippen molar-refractivity contribution in [1.29, 1.82) is 0 Å². The van der Waals surface area contributed by atoms with Crippen LogP contribution in [0.15, 0.2) is 53.4 Å². The number of ketones is 1. The van der Waals surface area contributed by atoms with E-state index in [-0.39, 0.29) is 11.9 Å². The summed E-state index contributed by atoms with van der Waals surface area (Å²) >= 11 is 1.56. The highest BCUT2D eigenvalue weighted by Gasteiger charge is 2.19. The molecule has 1 amide bonds. The van der Waals surface area contributed by atoms with E-state index in [0.29, 0.717) is 16.8 Å². The maximum Gasteiger partial charge on any atom is 0.339 e. The molecule has 0 unspecified atom stereocenters. The maximum absolute atomic E-state index is 12.5. The molecule has 1 heterocycles. The minimum absolute atomic E-state index is 0.0929. The van der Waals surface area contributed by atoms with Gasteiger partial charge in [-0.05, 0) is 44.0 Å². The Morgan fingerprint density at radius 3 is 2.76 bits per heavy atom. The summed E-state index contributed by atoms with van der Waals surface area (Å²) in [6.45, 7) is 1.84. The van der Waals surface area contributed by atoms with Gasteiger partial charge in [0.25, 0.3) is 5.91 Å². The van der Waals surface area contributed by atoms with Gasteiger partial charge in [0.2, 0.25) is 0 Å². The Morgan fingerprint density at radius 2 is 2.00 bits per heavy atom. The highest BCUT2D eigenvalue weighted by molar-refractivity contribution is 7.99. The SMILES string of the molecule is CC(=O)c1cccc(NC(=O)COC(=O)c2ccccc2SC[C@H]2CCCO2)c1. The van der Waals surface area contributed by atoms with E-state index in [2.05, 4.69) is 5.32 Å². The van der Waals surface area contributed by atoms with E-state index in [4.69, 9.17) is 9.47 Å². The molecule has 2 aromatic carbocycles. The molecule has 0 aliphatic carbocycles. The van der Waals surface area contributed by atoms with Crippen LogP contribution in [0, 0.1) is 0 Å². The molecule has 6 nitrogen and oxygen atoms in total. The molecule has 2 aromatic rings. The normalized spacial score (nSPS) is 15.7. The van der Waals surface area contributed by atoms with Crippen LogP contribution in [-0.4, -0.2) is 42.7 Å². The number of ether oxygens (including phenoxy) is 2. The van der Waals surface area contributed by atoms with Crippen LogP contribution in [0.3, 0.4) is 0 Å². The van der Waals surface area contributed by atoms with Crippen molar-refractivity contribution in [1.82, 2.24) is 0 Å². The van der Waals surface area contributed by atoms with Gasteiger partial charge in [0.1, 0.15) is 0 Å². The minimum Gasteiger partial charge on any atom is -0.452 e. The number of thioether (sulfide) groups is 1. The number of hydrogen-bond acceptors (Lipinski definition) is 6. The molecule has 1 N–H and O–H groups in total. The predicted molar refractivity (Wildman–Crippen MR) is 111 cm³/mol. The topological polar surface area (TPSA) is 81.7 Å². The molecule has 152 valence electrons.